The highest BCUT2D eigenvalue weighted by atomic mass is 16.6. The zero-order valence-electron chi connectivity index (χ0n) is 6.95. The molecule has 1 N–H and O–H groups in total. The predicted octanol–water partition coefficient (Wildman–Crippen LogP) is -0.131. The Morgan fingerprint density at radius 1 is 1.45 bits per heavy atom. The van der Waals surface area contributed by atoms with Crippen LogP contribution in [0.15, 0.2) is 0 Å². The fraction of sp³-hybridized carbons (Fsp3) is 1.00. The summed E-state index contributed by atoms with van der Waals surface area (Å²) in [6.45, 7) is 3.95. The molecule has 0 saturated carbocycles. The molecule has 1 fully saturated rings. The predicted molar refractivity (Wildman–Crippen MR) is 39.3 cm³/mol. The molecule has 4 heteroatoms. The summed E-state index contributed by atoms with van der Waals surface area (Å²) in [6, 6.07) is 0. The van der Waals surface area contributed by atoms with Gasteiger partial charge in [0.1, 0.15) is 19.6 Å². The molecule has 0 radical (unpaired) electrons. The van der Waals surface area contributed by atoms with E-state index in [9.17, 15) is 5.21 Å². The van der Waals surface area contributed by atoms with E-state index in [1.807, 2.05) is 0 Å². The van der Waals surface area contributed by atoms with E-state index >= 15 is 0 Å². The van der Waals surface area contributed by atoms with E-state index < -0.39 is 0 Å². The van der Waals surface area contributed by atoms with Crippen molar-refractivity contribution in [3.05, 3.63) is 0 Å². The fourth-order valence-corrected chi connectivity index (χ4v) is 1.17. The van der Waals surface area contributed by atoms with Crippen LogP contribution >= 0.6 is 0 Å². The number of nitrogens with zero attached hydrogens (tertiary/aromatic N) is 1. The van der Waals surface area contributed by atoms with E-state index in [2.05, 4.69) is 0 Å². The Hall–Kier alpha value is -0.160. The molecule has 0 aliphatic carbocycles. The molecule has 0 amide bonds. The minimum atomic E-state index is 0.105. The first-order chi connectivity index (χ1) is 5.27. The van der Waals surface area contributed by atoms with Crippen LogP contribution in [-0.4, -0.2) is 56.4 Å². The van der Waals surface area contributed by atoms with Crippen molar-refractivity contribution in [2.75, 3.05) is 46.6 Å². The summed E-state index contributed by atoms with van der Waals surface area (Å²) >= 11 is 0. The van der Waals surface area contributed by atoms with Crippen molar-refractivity contribution in [3.63, 3.8) is 0 Å². The molecule has 0 atom stereocenters. The summed E-state index contributed by atoms with van der Waals surface area (Å²) in [7, 11) is 1.65. The van der Waals surface area contributed by atoms with Crippen molar-refractivity contribution in [2.24, 2.45) is 0 Å². The normalized spacial score (nSPS) is 23.5. The summed E-state index contributed by atoms with van der Waals surface area (Å²) in [4.78, 5) is 0. The number of hydrogen-bond acceptors (Lipinski definition) is 3. The fourth-order valence-electron chi connectivity index (χ4n) is 1.17. The number of quaternary nitrogens is 1. The van der Waals surface area contributed by atoms with E-state index in [0.717, 1.165) is 0 Å². The number of morpholine rings is 1. The van der Waals surface area contributed by atoms with E-state index in [0.29, 0.717) is 39.5 Å². The molecule has 1 aliphatic heterocycles. The minimum absolute atomic E-state index is 0.105. The van der Waals surface area contributed by atoms with Gasteiger partial charge in [-0.05, 0) is 0 Å². The summed E-state index contributed by atoms with van der Waals surface area (Å²) in [5.41, 5.74) is 0. The van der Waals surface area contributed by atoms with Gasteiger partial charge in [0.2, 0.25) is 0 Å². The standard InChI is InChI=1S/C7H16NO3/c1-10-5-2-8(9)3-6-11-7-4-8/h9H,2-7H2,1H3/q+1. The molecule has 4 nitrogen and oxygen atoms in total. The van der Waals surface area contributed by atoms with Crippen LogP contribution in [0.1, 0.15) is 0 Å². The average molecular weight is 162 g/mol. The van der Waals surface area contributed by atoms with Crippen molar-refractivity contribution >= 4 is 0 Å². The van der Waals surface area contributed by atoms with E-state index in [4.69, 9.17) is 9.47 Å². The maximum atomic E-state index is 9.78. The van der Waals surface area contributed by atoms with Gasteiger partial charge in [-0.3, -0.25) is 0 Å². The van der Waals surface area contributed by atoms with Crippen LogP contribution in [0.4, 0.5) is 0 Å². The van der Waals surface area contributed by atoms with Crippen LogP contribution in [0.2, 0.25) is 0 Å². The topological polar surface area (TPSA) is 38.7 Å². The SMILES string of the molecule is COCC[N+]1(O)CCOCC1. The molecular formula is C7H16NO3+. The smallest absolute Gasteiger partial charge is 0.132 e. The van der Waals surface area contributed by atoms with Gasteiger partial charge in [-0.1, -0.05) is 0 Å². The third-order valence-electron chi connectivity index (χ3n) is 2.02. The lowest BCUT2D eigenvalue weighted by Crippen LogP contribution is -2.54. The Bertz CT molecular complexity index is 112. The van der Waals surface area contributed by atoms with E-state index in [-0.39, 0.29) is 4.65 Å². The molecule has 0 aromatic rings. The quantitative estimate of drug-likeness (QED) is 0.587. The molecule has 0 bridgehead atoms. The third kappa shape index (κ3) is 2.75. The number of methoxy groups -OCH3 is 1. The lowest BCUT2D eigenvalue weighted by atomic mass is 10.4. The van der Waals surface area contributed by atoms with Crippen LogP contribution in [-0.2, 0) is 9.47 Å². The monoisotopic (exact) mass is 162 g/mol. The molecule has 1 saturated heterocycles. The number of hydroxylamine groups is 3. The molecule has 1 aliphatic rings. The number of ether oxygens (including phenoxy) is 2. The van der Waals surface area contributed by atoms with Crippen molar-refractivity contribution < 1.29 is 19.3 Å². The third-order valence-corrected chi connectivity index (χ3v) is 2.02. The van der Waals surface area contributed by atoms with Gasteiger partial charge in [0.25, 0.3) is 0 Å². The zero-order chi connectivity index (χ0) is 8.16. The Morgan fingerprint density at radius 3 is 2.64 bits per heavy atom. The molecule has 0 spiro atoms. The maximum Gasteiger partial charge on any atom is 0.132 e. The van der Waals surface area contributed by atoms with Gasteiger partial charge in [-0.15, -0.1) is 0 Å². The van der Waals surface area contributed by atoms with Gasteiger partial charge in [-0.2, -0.15) is 4.65 Å². The number of rotatable bonds is 3. The average Bonchev–Trinajstić information content (AvgIpc) is 2.03. The Balaban J connectivity index is 2.25. The summed E-state index contributed by atoms with van der Waals surface area (Å²) in [6.07, 6.45) is 0. The van der Waals surface area contributed by atoms with Gasteiger partial charge in [0.05, 0.1) is 19.8 Å². The highest BCUT2D eigenvalue weighted by Gasteiger charge is 2.27. The van der Waals surface area contributed by atoms with E-state index in [1.54, 1.807) is 7.11 Å². The lowest BCUT2D eigenvalue weighted by molar-refractivity contribution is -1.11. The summed E-state index contributed by atoms with van der Waals surface area (Å²) in [5, 5.41) is 9.78. The van der Waals surface area contributed by atoms with Crippen LogP contribution in [0.25, 0.3) is 0 Å². The molecule has 11 heavy (non-hydrogen) atoms. The Morgan fingerprint density at radius 2 is 2.09 bits per heavy atom. The molecule has 1 rings (SSSR count). The van der Waals surface area contributed by atoms with Crippen LogP contribution in [0, 0.1) is 0 Å². The van der Waals surface area contributed by atoms with Crippen LogP contribution in [0.5, 0.6) is 0 Å². The van der Waals surface area contributed by atoms with Gasteiger partial charge < -0.3 is 9.47 Å². The molecule has 0 aromatic carbocycles. The van der Waals surface area contributed by atoms with Gasteiger partial charge >= 0.3 is 0 Å². The Labute approximate surface area is 66.9 Å². The van der Waals surface area contributed by atoms with Crippen molar-refractivity contribution in [2.45, 2.75) is 0 Å². The zero-order valence-corrected chi connectivity index (χ0v) is 6.95. The second kappa shape index (κ2) is 4.01. The molecule has 0 aromatic heterocycles. The van der Waals surface area contributed by atoms with Gasteiger partial charge in [-0.25, -0.2) is 5.21 Å². The van der Waals surface area contributed by atoms with Crippen molar-refractivity contribution in [3.8, 4) is 0 Å². The van der Waals surface area contributed by atoms with Crippen LogP contribution < -0.4 is 0 Å². The largest absolute Gasteiger partial charge is 0.379 e. The number of hydrogen-bond donors (Lipinski definition) is 1. The highest BCUT2D eigenvalue weighted by molar-refractivity contribution is 4.42. The first-order valence-electron chi connectivity index (χ1n) is 3.92. The van der Waals surface area contributed by atoms with Gasteiger partial charge in [0.15, 0.2) is 0 Å². The van der Waals surface area contributed by atoms with Crippen LogP contribution in [0.3, 0.4) is 0 Å². The van der Waals surface area contributed by atoms with Gasteiger partial charge in [0, 0.05) is 7.11 Å². The second-order valence-corrected chi connectivity index (χ2v) is 2.87. The molecular weight excluding hydrogens is 146 g/mol. The Kier molecular flexibility index (Phi) is 3.26. The molecule has 1 heterocycles. The molecule has 0 unspecified atom stereocenters. The maximum absolute atomic E-state index is 9.78. The lowest BCUT2D eigenvalue weighted by Gasteiger charge is -2.32. The molecule has 66 valence electrons. The van der Waals surface area contributed by atoms with E-state index in [1.165, 1.54) is 0 Å². The first-order valence-corrected chi connectivity index (χ1v) is 3.92. The summed E-state index contributed by atoms with van der Waals surface area (Å²) < 4.78 is 10.1. The highest BCUT2D eigenvalue weighted by Crippen LogP contribution is 2.05. The van der Waals surface area contributed by atoms with Crippen molar-refractivity contribution in [1.29, 1.82) is 0 Å². The summed E-state index contributed by atoms with van der Waals surface area (Å²) in [5.74, 6) is 0. The second-order valence-electron chi connectivity index (χ2n) is 2.87. The minimum Gasteiger partial charge on any atom is -0.379 e. The van der Waals surface area contributed by atoms with Crippen molar-refractivity contribution in [1.82, 2.24) is 0 Å². The first kappa shape index (κ1) is 8.93.